The molecular formula is C41H42N2O6S. The van der Waals surface area contributed by atoms with E-state index in [4.69, 9.17) is 29.0 Å². The van der Waals surface area contributed by atoms with Crippen LogP contribution in [0, 0.1) is 12.8 Å². The molecule has 0 fully saturated rings. The molecule has 9 heteroatoms. The number of thiazole rings is 1. The molecule has 2 heterocycles. The standard InChI is InChI=1S/C41H42N2O6S/c1-3-48-41-33(17-19-46-21-22-47-20-18-44)35(32-10-6-9-31-30-8-5-4-7-28(30)24-34(31)32)25-37(49-41)39(45)42-29-14-12-27(13-15-29)40-43-36-16-11-26(2)23-38(36)50-40/h4-16,23,25,33,35,41,44H,3,17-22,24H2,1-2H3,(H,42,45)/t33-,35+,41+/m1/s1. The van der Waals surface area contributed by atoms with Crippen molar-refractivity contribution >= 4 is 33.1 Å². The summed E-state index contributed by atoms with van der Waals surface area (Å²) < 4.78 is 25.0. The highest BCUT2D eigenvalue weighted by atomic mass is 32.1. The first-order chi connectivity index (χ1) is 24.5. The lowest BCUT2D eigenvalue weighted by Crippen LogP contribution is -2.38. The van der Waals surface area contributed by atoms with E-state index in [1.807, 2.05) is 37.3 Å². The molecule has 258 valence electrons. The van der Waals surface area contributed by atoms with Crippen LogP contribution in [0.15, 0.2) is 96.8 Å². The quantitative estimate of drug-likeness (QED) is 0.112. The summed E-state index contributed by atoms with van der Waals surface area (Å²) in [6.45, 7) is 6.04. The maximum absolute atomic E-state index is 13.9. The number of aromatic nitrogens is 1. The number of hydrogen-bond donors (Lipinski definition) is 2. The normalized spacial score (nSPS) is 18.0. The number of carbonyl (C=O) groups excluding carboxylic acids is 1. The van der Waals surface area contributed by atoms with Crippen LogP contribution in [0.3, 0.4) is 0 Å². The second kappa shape index (κ2) is 15.7. The minimum atomic E-state index is -0.644. The van der Waals surface area contributed by atoms with E-state index in [0.717, 1.165) is 27.2 Å². The van der Waals surface area contributed by atoms with E-state index in [-0.39, 0.29) is 30.1 Å². The Balaban J connectivity index is 1.14. The van der Waals surface area contributed by atoms with Crippen LogP contribution in [-0.2, 0) is 30.2 Å². The van der Waals surface area contributed by atoms with Gasteiger partial charge in [-0.3, -0.25) is 4.79 Å². The molecule has 0 bridgehead atoms. The first kappa shape index (κ1) is 34.1. The Hall–Kier alpha value is -4.38. The van der Waals surface area contributed by atoms with Gasteiger partial charge in [0.05, 0.1) is 36.6 Å². The number of nitrogens with one attached hydrogen (secondary N) is 1. The first-order valence-electron chi connectivity index (χ1n) is 17.3. The van der Waals surface area contributed by atoms with Crippen LogP contribution >= 0.6 is 11.3 Å². The van der Waals surface area contributed by atoms with Gasteiger partial charge >= 0.3 is 0 Å². The van der Waals surface area contributed by atoms with Gasteiger partial charge in [0, 0.05) is 36.3 Å². The third kappa shape index (κ3) is 7.38. The van der Waals surface area contributed by atoms with Crippen molar-refractivity contribution < 1.29 is 28.8 Å². The summed E-state index contributed by atoms with van der Waals surface area (Å²) >= 11 is 1.66. The molecule has 0 unspecified atom stereocenters. The molecular weight excluding hydrogens is 649 g/mol. The van der Waals surface area contributed by atoms with Gasteiger partial charge in [-0.05, 0) is 103 Å². The van der Waals surface area contributed by atoms with E-state index in [9.17, 15) is 4.79 Å². The minimum absolute atomic E-state index is 0.0140. The summed E-state index contributed by atoms with van der Waals surface area (Å²) in [6, 6.07) is 29.1. The summed E-state index contributed by atoms with van der Waals surface area (Å²) in [5.74, 6) is -0.335. The molecule has 0 saturated heterocycles. The second-order valence-electron chi connectivity index (χ2n) is 12.6. The smallest absolute Gasteiger partial charge is 0.290 e. The van der Waals surface area contributed by atoms with Crippen LogP contribution in [0.4, 0.5) is 5.69 Å². The Kier molecular flexibility index (Phi) is 10.7. The van der Waals surface area contributed by atoms with Crippen molar-refractivity contribution in [2.45, 2.75) is 38.9 Å². The van der Waals surface area contributed by atoms with Gasteiger partial charge in [-0.1, -0.05) is 48.5 Å². The van der Waals surface area contributed by atoms with Crippen LogP contribution in [-0.4, -0.2) is 61.9 Å². The van der Waals surface area contributed by atoms with Crippen molar-refractivity contribution in [3.05, 3.63) is 119 Å². The zero-order valence-corrected chi connectivity index (χ0v) is 29.2. The van der Waals surface area contributed by atoms with Gasteiger partial charge in [-0.2, -0.15) is 0 Å². The van der Waals surface area contributed by atoms with E-state index < -0.39 is 6.29 Å². The largest absolute Gasteiger partial charge is 0.459 e. The SMILES string of the molecule is CCO[C@H]1OC(C(=O)Nc2ccc(-c3nc4ccc(C)cc4s3)cc2)=C[C@@H](c2cccc3c2Cc2ccccc2-3)[C@H]1CCOCCOCCO. The Morgan fingerprint density at radius 1 is 0.960 bits per heavy atom. The number of aliphatic hydroxyl groups excluding tert-OH is 1. The number of allylic oxidation sites excluding steroid dienone is 1. The number of anilines is 1. The van der Waals surface area contributed by atoms with Crippen LogP contribution in [0.25, 0.3) is 31.9 Å². The van der Waals surface area contributed by atoms with Gasteiger partial charge in [-0.25, -0.2) is 4.98 Å². The lowest BCUT2D eigenvalue weighted by Gasteiger charge is -2.37. The highest BCUT2D eigenvalue weighted by molar-refractivity contribution is 7.21. The van der Waals surface area contributed by atoms with E-state index in [1.54, 1.807) is 11.3 Å². The number of benzene rings is 4. The number of rotatable bonds is 14. The van der Waals surface area contributed by atoms with Gasteiger partial charge in [0.1, 0.15) is 5.01 Å². The van der Waals surface area contributed by atoms with E-state index in [0.29, 0.717) is 45.1 Å². The van der Waals surface area contributed by atoms with Crippen LogP contribution in [0.2, 0.25) is 0 Å². The fourth-order valence-corrected chi connectivity index (χ4v) is 8.01. The predicted octanol–water partition coefficient (Wildman–Crippen LogP) is 7.87. The molecule has 4 aromatic carbocycles. The van der Waals surface area contributed by atoms with Crippen LogP contribution in [0.5, 0.6) is 0 Å². The van der Waals surface area contributed by atoms with Gasteiger partial charge in [0.25, 0.3) is 5.91 Å². The fraction of sp³-hybridized carbons (Fsp3) is 0.317. The molecule has 50 heavy (non-hydrogen) atoms. The Labute approximate surface area is 296 Å². The van der Waals surface area contributed by atoms with Crippen molar-refractivity contribution in [3.63, 3.8) is 0 Å². The molecule has 3 atom stereocenters. The summed E-state index contributed by atoms with van der Waals surface area (Å²) in [5.41, 5.74) is 10.1. The van der Waals surface area contributed by atoms with Gasteiger partial charge < -0.3 is 29.4 Å². The van der Waals surface area contributed by atoms with Gasteiger partial charge in [0.15, 0.2) is 5.76 Å². The van der Waals surface area contributed by atoms with E-state index in [2.05, 4.69) is 72.9 Å². The molecule has 2 N–H and O–H groups in total. The molecule has 8 nitrogen and oxygen atoms in total. The Morgan fingerprint density at radius 3 is 2.58 bits per heavy atom. The number of amides is 1. The minimum Gasteiger partial charge on any atom is -0.459 e. The number of nitrogens with zero attached hydrogens (tertiary/aromatic N) is 1. The molecule has 7 rings (SSSR count). The zero-order valence-electron chi connectivity index (χ0n) is 28.4. The average molecular weight is 691 g/mol. The molecule has 0 saturated carbocycles. The van der Waals surface area contributed by atoms with Crippen molar-refractivity contribution in [3.8, 4) is 21.7 Å². The molecule has 0 spiro atoms. The molecule has 1 aliphatic carbocycles. The third-order valence-electron chi connectivity index (χ3n) is 9.32. The zero-order chi connectivity index (χ0) is 34.5. The molecule has 1 amide bonds. The van der Waals surface area contributed by atoms with Crippen molar-refractivity contribution in [1.82, 2.24) is 4.98 Å². The van der Waals surface area contributed by atoms with Crippen molar-refractivity contribution in [2.75, 3.05) is 45.0 Å². The lowest BCUT2D eigenvalue weighted by atomic mass is 9.78. The topological polar surface area (TPSA) is 99.1 Å². The number of aliphatic hydroxyl groups is 1. The highest BCUT2D eigenvalue weighted by Gasteiger charge is 2.39. The second-order valence-corrected chi connectivity index (χ2v) is 13.7. The van der Waals surface area contributed by atoms with E-state index in [1.165, 1.54) is 33.4 Å². The summed E-state index contributed by atoms with van der Waals surface area (Å²) in [5, 5.41) is 13.0. The molecule has 0 radical (unpaired) electrons. The summed E-state index contributed by atoms with van der Waals surface area (Å²) in [6.07, 6.45) is 2.81. The first-order valence-corrected chi connectivity index (χ1v) is 18.1. The van der Waals surface area contributed by atoms with Crippen LogP contribution < -0.4 is 5.32 Å². The highest BCUT2D eigenvalue weighted by Crippen LogP contribution is 2.46. The number of aryl methyl sites for hydroxylation is 1. The summed E-state index contributed by atoms with van der Waals surface area (Å²) in [7, 11) is 0. The Morgan fingerprint density at radius 2 is 1.76 bits per heavy atom. The number of ether oxygens (including phenoxy) is 4. The predicted molar refractivity (Wildman–Crippen MR) is 197 cm³/mol. The van der Waals surface area contributed by atoms with Crippen molar-refractivity contribution in [2.24, 2.45) is 5.92 Å². The van der Waals surface area contributed by atoms with Gasteiger partial charge in [0.2, 0.25) is 6.29 Å². The third-order valence-corrected chi connectivity index (χ3v) is 10.4. The van der Waals surface area contributed by atoms with Gasteiger partial charge in [-0.15, -0.1) is 11.3 Å². The molecule has 1 aliphatic heterocycles. The fourth-order valence-electron chi connectivity index (χ4n) is 6.94. The van der Waals surface area contributed by atoms with Crippen molar-refractivity contribution in [1.29, 1.82) is 0 Å². The summed E-state index contributed by atoms with van der Waals surface area (Å²) in [4.78, 5) is 18.7. The number of hydrogen-bond acceptors (Lipinski definition) is 8. The average Bonchev–Trinajstić information content (AvgIpc) is 3.73. The molecule has 5 aromatic rings. The Bertz CT molecular complexity index is 1990. The van der Waals surface area contributed by atoms with E-state index >= 15 is 0 Å². The number of fused-ring (bicyclic) bond motifs is 4. The molecule has 1 aromatic heterocycles. The number of carbonyl (C=O) groups is 1. The molecule has 2 aliphatic rings. The monoisotopic (exact) mass is 690 g/mol. The maximum atomic E-state index is 13.9. The lowest BCUT2D eigenvalue weighted by molar-refractivity contribution is -0.166. The van der Waals surface area contributed by atoms with Crippen LogP contribution in [0.1, 0.15) is 41.5 Å². The maximum Gasteiger partial charge on any atom is 0.290 e.